The van der Waals surface area contributed by atoms with Crippen LogP contribution in [-0.2, 0) is 0 Å². The first-order chi connectivity index (χ1) is 4.93. The quantitative estimate of drug-likeness (QED) is 0.640. The summed E-state index contributed by atoms with van der Waals surface area (Å²) in [6.07, 6.45) is 0. The van der Waals surface area contributed by atoms with Gasteiger partial charge in [0.2, 0.25) is 0 Å². The fourth-order valence-corrected chi connectivity index (χ4v) is 0.754. The van der Waals surface area contributed by atoms with Gasteiger partial charge in [0.15, 0.2) is 0 Å². The maximum absolute atomic E-state index is 13.3. The zero-order valence-corrected chi connectivity index (χ0v) is 7.66. The van der Waals surface area contributed by atoms with Crippen LogP contribution < -0.4 is 11.1 Å². The zero-order valence-electron chi connectivity index (χ0n) is 7.66. The molecule has 0 aliphatic heterocycles. The maximum atomic E-state index is 13.3. The average molecular weight is 160 g/mol. The van der Waals surface area contributed by atoms with Gasteiger partial charge in [-0.2, -0.15) is 0 Å². The normalized spacial score (nSPS) is 14.4. The fourth-order valence-electron chi connectivity index (χ4n) is 0.754. The van der Waals surface area contributed by atoms with Crippen molar-refractivity contribution in [3.8, 4) is 0 Å². The zero-order chi connectivity index (χ0) is 9.07. The van der Waals surface area contributed by atoms with Crippen LogP contribution in [0.4, 0.5) is 4.39 Å². The molecule has 11 heavy (non-hydrogen) atoms. The number of rotatable bonds is 2. The van der Waals surface area contributed by atoms with Crippen LogP contribution in [-0.4, -0.2) is 13.6 Å². The Kier molecular flexibility index (Phi) is 3.52. The second kappa shape index (κ2) is 3.72. The SMILES string of the molecule is CN/C(CN)=C(/F)C(C)(C)C. The van der Waals surface area contributed by atoms with Gasteiger partial charge in [-0.25, -0.2) is 4.39 Å². The molecule has 0 spiro atoms. The van der Waals surface area contributed by atoms with Crippen molar-refractivity contribution < 1.29 is 4.39 Å². The molecule has 0 aromatic heterocycles. The minimum absolute atomic E-state index is 0.164. The second-order valence-corrected chi connectivity index (χ2v) is 3.50. The molecule has 0 radical (unpaired) electrons. The average Bonchev–Trinajstić information content (AvgIpc) is 1.88. The smallest absolute Gasteiger partial charge is 0.125 e. The highest BCUT2D eigenvalue weighted by Gasteiger charge is 2.20. The van der Waals surface area contributed by atoms with Crippen molar-refractivity contribution in [2.45, 2.75) is 20.8 Å². The molecule has 0 amide bonds. The van der Waals surface area contributed by atoms with Crippen LogP contribution in [0.25, 0.3) is 0 Å². The molecular formula is C8H17FN2. The van der Waals surface area contributed by atoms with Gasteiger partial charge in [0.05, 0.1) is 5.70 Å². The molecule has 0 atom stereocenters. The van der Waals surface area contributed by atoms with Gasteiger partial charge in [-0.3, -0.25) is 0 Å². The third kappa shape index (κ3) is 2.89. The van der Waals surface area contributed by atoms with Gasteiger partial charge < -0.3 is 11.1 Å². The van der Waals surface area contributed by atoms with E-state index >= 15 is 0 Å². The number of likely N-dealkylation sites (N-methyl/N-ethyl adjacent to an activating group) is 1. The Morgan fingerprint density at radius 2 is 1.91 bits per heavy atom. The highest BCUT2D eigenvalue weighted by Crippen LogP contribution is 2.27. The van der Waals surface area contributed by atoms with Gasteiger partial charge in [0, 0.05) is 19.0 Å². The van der Waals surface area contributed by atoms with E-state index in [0.29, 0.717) is 5.70 Å². The van der Waals surface area contributed by atoms with Crippen LogP contribution >= 0.6 is 0 Å². The third-order valence-electron chi connectivity index (χ3n) is 1.43. The number of hydrogen-bond acceptors (Lipinski definition) is 2. The first-order valence-electron chi connectivity index (χ1n) is 3.70. The van der Waals surface area contributed by atoms with Gasteiger partial charge in [-0.05, 0) is 0 Å². The molecule has 3 N–H and O–H groups in total. The molecule has 3 heteroatoms. The van der Waals surface area contributed by atoms with E-state index in [9.17, 15) is 4.39 Å². The summed E-state index contributed by atoms with van der Waals surface area (Å²) < 4.78 is 13.3. The lowest BCUT2D eigenvalue weighted by atomic mass is 9.93. The fraction of sp³-hybridized carbons (Fsp3) is 0.750. The van der Waals surface area contributed by atoms with Crippen LogP contribution in [0.2, 0.25) is 0 Å². The molecule has 0 fully saturated rings. The Balaban J connectivity index is 4.62. The molecule has 0 heterocycles. The molecule has 0 saturated carbocycles. The van der Waals surface area contributed by atoms with E-state index in [1.165, 1.54) is 0 Å². The number of hydrogen-bond donors (Lipinski definition) is 2. The largest absolute Gasteiger partial charge is 0.388 e. The van der Waals surface area contributed by atoms with Crippen molar-refractivity contribution >= 4 is 0 Å². The Bertz CT molecular complexity index is 150. The van der Waals surface area contributed by atoms with Crippen LogP contribution in [0.5, 0.6) is 0 Å². The van der Waals surface area contributed by atoms with E-state index in [1.807, 2.05) is 20.8 Å². The van der Waals surface area contributed by atoms with E-state index in [4.69, 9.17) is 5.73 Å². The van der Waals surface area contributed by atoms with Crippen molar-refractivity contribution in [2.75, 3.05) is 13.6 Å². The summed E-state index contributed by atoms with van der Waals surface area (Å²) in [6, 6.07) is 0. The summed E-state index contributed by atoms with van der Waals surface area (Å²) in [5.74, 6) is -0.164. The topological polar surface area (TPSA) is 38.0 Å². The van der Waals surface area contributed by atoms with Gasteiger partial charge in [0.25, 0.3) is 0 Å². The number of allylic oxidation sites excluding steroid dienone is 1. The second-order valence-electron chi connectivity index (χ2n) is 3.50. The minimum Gasteiger partial charge on any atom is -0.388 e. The highest BCUT2D eigenvalue weighted by atomic mass is 19.1. The summed E-state index contributed by atoms with van der Waals surface area (Å²) in [5.41, 5.74) is 5.36. The maximum Gasteiger partial charge on any atom is 0.125 e. The summed E-state index contributed by atoms with van der Waals surface area (Å²) in [7, 11) is 1.67. The predicted octanol–water partition coefficient (Wildman–Crippen LogP) is 1.39. The van der Waals surface area contributed by atoms with E-state index in [1.54, 1.807) is 7.05 Å². The Hall–Kier alpha value is -0.570. The molecule has 0 aromatic rings. The summed E-state index contributed by atoms with van der Waals surface area (Å²) in [4.78, 5) is 0. The van der Waals surface area contributed by atoms with Crippen molar-refractivity contribution in [3.63, 3.8) is 0 Å². The molecule has 66 valence electrons. The van der Waals surface area contributed by atoms with E-state index in [-0.39, 0.29) is 12.4 Å². The first kappa shape index (κ1) is 10.4. The lowest BCUT2D eigenvalue weighted by molar-refractivity contribution is 0.371. The molecule has 0 rings (SSSR count). The van der Waals surface area contributed by atoms with Gasteiger partial charge in [-0.15, -0.1) is 0 Å². The van der Waals surface area contributed by atoms with Gasteiger partial charge in [0.1, 0.15) is 5.83 Å². The van der Waals surface area contributed by atoms with Crippen LogP contribution in [0.3, 0.4) is 0 Å². The standard InChI is InChI=1S/C8H17FN2/c1-8(2,3)7(9)6(5-10)11-4/h11H,5,10H2,1-4H3/b7-6+. The summed E-state index contributed by atoms with van der Waals surface area (Å²) in [6.45, 7) is 5.67. The third-order valence-corrected chi connectivity index (χ3v) is 1.43. The molecule has 0 bridgehead atoms. The molecule has 0 aliphatic rings. The summed E-state index contributed by atoms with van der Waals surface area (Å²) >= 11 is 0. The molecular weight excluding hydrogens is 143 g/mol. The number of nitrogens with two attached hydrogens (primary N) is 1. The lowest BCUT2D eigenvalue weighted by Gasteiger charge is -2.19. The van der Waals surface area contributed by atoms with Gasteiger partial charge in [-0.1, -0.05) is 20.8 Å². The minimum atomic E-state index is -0.447. The van der Waals surface area contributed by atoms with E-state index in [0.717, 1.165) is 0 Å². The molecule has 0 aliphatic carbocycles. The van der Waals surface area contributed by atoms with Crippen LogP contribution in [0.1, 0.15) is 20.8 Å². The Labute approximate surface area is 67.7 Å². The molecule has 0 saturated heterocycles. The van der Waals surface area contributed by atoms with Crippen molar-refractivity contribution in [1.82, 2.24) is 5.32 Å². The lowest BCUT2D eigenvalue weighted by Crippen LogP contribution is -2.22. The van der Waals surface area contributed by atoms with Crippen LogP contribution in [0.15, 0.2) is 11.5 Å². The van der Waals surface area contributed by atoms with Crippen molar-refractivity contribution in [3.05, 3.63) is 11.5 Å². The first-order valence-corrected chi connectivity index (χ1v) is 3.70. The predicted molar refractivity (Wildman–Crippen MR) is 45.7 cm³/mol. The Morgan fingerprint density at radius 3 is 2.00 bits per heavy atom. The molecule has 2 nitrogen and oxygen atoms in total. The molecule has 0 unspecified atom stereocenters. The Morgan fingerprint density at radius 1 is 1.45 bits per heavy atom. The van der Waals surface area contributed by atoms with Crippen molar-refractivity contribution in [2.24, 2.45) is 11.1 Å². The van der Waals surface area contributed by atoms with E-state index in [2.05, 4.69) is 5.32 Å². The monoisotopic (exact) mass is 160 g/mol. The summed E-state index contributed by atoms with van der Waals surface area (Å²) in [5, 5.41) is 2.74. The number of halogens is 1. The molecule has 0 aromatic carbocycles. The highest BCUT2D eigenvalue weighted by molar-refractivity contribution is 5.12. The van der Waals surface area contributed by atoms with E-state index < -0.39 is 5.41 Å². The van der Waals surface area contributed by atoms with Crippen LogP contribution in [0, 0.1) is 5.41 Å². The van der Waals surface area contributed by atoms with Gasteiger partial charge >= 0.3 is 0 Å². The number of nitrogens with one attached hydrogen (secondary N) is 1. The van der Waals surface area contributed by atoms with Crippen molar-refractivity contribution in [1.29, 1.82) is 0 Å².